The van der Waals surface area contributed by atoms with Crippen molar-refractivity contribution in [3.8, 4) is 0 Å². The van der Waals surface area contributed by atoms with Crippen LogP contribution in [0.2, 0.25) is 0 Å². The van der Waals surface area contributed by atoms with E-state index < -0.39 is 16.0 Å². The van der Waals surface area contributed by atoms with Crippen molar-refractivity contribution in [3.63, 3.8) is 0 Å². The SMILES string of the molecule is COC(=O)CN(C(C)C)S(=O)(=O)c1cnc[nH]1. The molecule has 0 bridgehead atoms. The molecule has 0 unspecified atom stereocenters. The van der Waals surface area contributed by atoms with Gasteiger partial charge in [-0.1, -0.05) is 0 Å². The van der Waals surface area contributed by atoms with Crippen molar-refractivity contribution in [1.29, 1.82) is 0 Å². The number of aromatic amines is 1. The molecule has 1 rings (SSSR count). The molecule has 0 aliphatic heterocycles. The predicted molar refractivity (Wildman–Crippen MR) is 59.6 cm³/mol. The maximum atomic E-state index is 12.1. The molecule has 0 fully saturated rings. The molecule has 0 aromatic carbocycles. The Kier molecular flexibility index (Phi) is 4.24. The highest BCUT2D eigenvalue weighted by molar-refractivity contribution is 7.89. The van der Waals surface area contributed by atoms with Gasteiger partial charge in [0.2, 0.25) is 0 Å². The zero-order valence-corrected chi connectivity index (χ0v) is 10.7. The van der Waals surface area contributed by atoms with Gasteiger partial charge in [-0.3, -0.25) is 4.79 Å². The van der Waals surface area contributed by atoms with E-state index in [1.807, 2.05) is 0 Å². The number of H-pyrrole nitrogens is 1. The van der Waals surface area contributed by atoms with Crippen LogP contribution < -0.4 is 0 Å². The number of aromatic nitrogens is 2. The van der Waals surface area contributed by atoms with Crippen molar-refractivity contribution in [2.24, 2.45) is 0 Å². The summed E-state index contributed by atoms with van der Waals surface area (Å²) in [6.45, 7) is 3.03. The lowest BCUT2D eigenvalue weighted by atomic mass is 10.4. The molecule has 0 aliphatic carbocycles. The van der Waals surface area contributed by atoms with Crippen molar-refractivity contribution in [3.05, 3.63) is 12.5 Å². The highest BCUT2D eigenvalue weighted by Gasteiger charge is 2.30. The first-order chi connectivity index (χ1) is 7.89. The molecule has 1 heterocycles. The Morgan fingerprint density at radius 3 is 2.65 bits per heavy atom. The third-order valence-electron chi connectivity index (χ3n) is 2.15. The summed E-state index contributed by atoms with van der Waals surface area (Å²) < 4.78 is 29.8. The molecule has 1 aromatic heterocycles. The number of methoxy groups -OCH3 is 1. The Morgan fingerprint density at radius 1 is 1.59 bits per heavy atom. The van der Waals surface area contributed by atoms with E-state index in [-0.39, 0.29) is 17.6 Å². The van der Waals surface area contributed by atoms with Gasteiger partial charge < -0.3 is 9.72 Å². The summed E-state index contributed by atoms with van der Waals surface area (Å²) in [6.07, 6.45) is 2.46. The molecule has 0 amide bonds. The topological polar surface area (TPSA) is 92.4 Å². The second kappa shape index (κ2) is 5.28. The maximum absolute atomic E-state index is 12.1. The van der Waals surface area contributed by atoms with Gasteiger partial charge in [0, 0.05) is 6.04 Å². The number of nitrogens with zero attached hydrogens (tertiary/aromatic N) is 2. The van der Waals surface area contributed by atoms with Gasteiger partial charge in [-0.05, 0) is 13.8 Å². The van der Waals surface area contributed by atoms with Gasteiger partial charge in [0.25, 0.3) is 10.0 Å². The van der Waals surface area contributed by atoms with E-state index in [1.165, 1.54) is 19.6 Å². The lowest BCUT2D eigenvalue weighted by Gasteiger charge is -2.23. The van der Waals surface area contributed by atoms with Crippen molar-refractivity contribution < 1.29 is 17.9 Å². The van der Waals surface area contributed by atoms with Gasteiger partial charge in [-0.2, -0.15) is 4.31 Å². The van der Waals surface area contributed by atoms with Crippen LogP contribution in [0.3, 0.4) is 0 Å². The Morgan fingerprint density at radius 2 is 2.24 bits per heavy atom. The third-order valence-corrected chi connectivity index (χ3v) is 4.10. The molecule has 0 radical (unpaired) electrons. The quantitative estimate of drug-likeness (QED) is 0.752. The number of esters is 1. The van der Waals surface area contributed by atoms with Gasteiger partial charge in [0.05, 0.1) is 19.6 Å². The Labute approximate surface area is 99.8 Å². The average Bonchev–Trinajstić information content (AvgIpc) is 2.78. The van der Waals surface area contributed by atoms with Crippen LogP contribution in [0.4, 0.5) is 0 Å². The van der Waals surface area contributed by atoms with E-state index >= 15 is 0 Å². The molecule has 0 atom stereocenters. The molecule has 0 saturated carbocycles. The summed E-state index contributed by atoms with van der Waals surface area (Å²) in [5.41, 5.74) is 0. The summed E-state index contributed by atoms with van der Waals surface area (Å²) in [5, 5.41) is -0.0462. The number of imidazole rings is 1. The minimum Gasteiger partial charge on any atom is -0.468 e. The van der Waals surface area contributed by atoms with E-state index in [9.17, 15) is 13.2 Å². The Hall–Kier alpha value is -1.41. The fourth-order valence-corrected chi connectivity index (χ4v) is 2.73. The lowest BCUT2D eigenvalue weighted by molar-refractivity contribution is -0.141. The number of ether oxygens (including phenoxy) is 1. The summed E-state index contributed by atoms with van der Waals surface area (Å²) in [4.78, 5) is 17.4. The summed E-state index contributed by atoms with van der Waals surface area (Å²) in [7, 11) is -2.54. The maximum Gasteiger partial charge on any atom is 0.321 e. The summed E-state index contributed by atoms with van der Waals surface area (Å²) >= 11 is 0. The van der Waals surface area contributed by atoms with Crippen LogP contribution in [0.15, 0.2) is 17.6 Å². The number of rotatable bonds is 5. The minimum absolute atomic E-state index is 0.0462. The van der Waals surface area contributed by atoms with E-state index in [4.69, 9.17) is 0 Å². The van der Waals surface area contributed by atoms with E-state index in [0.717, 1.165) is 4.31 Å². The molecular formula is C9H15N3O4S. The van der Waals surface area contributed by atoms with E-state index in [0.29, 0.717) is 0 Å². The van der Waals surface area contributed by atoms with Crippen LogP contribution in [0.5, 0.6) is 0 Å². The van der Waals surface area contributed by atoms with Crippen LogP contribution in [-0.4, -0.2) is 48.4 Å². The zero-order chi connectivity index (χ0) is 13.1. The summed E-state index contributed by atoms with van der Waals surface area (Å²) in [5.74, 6) is -0.609. The van der Waals surface area contributed by atoms with Gasteiger partial charge >= 0.3 is 5.97 Å². The normalized spacial score (nSPS) is 12.1. The molecule has 0 aliphatic rings. The smallest absolute Gasteiger partial charge is 0.321 e. The van der Waals surface area contributed by atoms with Gasteiger partial charge in [0.1, 0.15) is 6.54 Å². The van der Waals surface area contributed by atoms with Gasteiger partial charge in [-0.15, -0.1) is 0 Å². The lowest BCUT2D eigenvalue weighted by Crippen LogP contribution is -2.41. The van der Waals surface area contributed by atoms with E-state index in [1.54, 1.807) is 13.8 Å². The van der Waals surface area contributed by atoms with Crippen LogP contribution >= 0.6 is 0 Å². The molecule has 8 heteroatoms. The molecule has 0 saturated heterocycles. The summed E-state index contributed by atoms with van der Waals surface area (Å²) in [6, 6.07) is -0.359. The molecule has 7 nitrogen and oxygen atoms in total. The molecule has 0 spiro atoms. The Balaban J connectivity index is 3.03. The highest BCUT2D eigenvalue weighted by atomic mass is 32.2. The van der Waals surface area contributed by atoms with Crippen molar-refractivity contribution >= 4 is 16.0 Å². The molecule has 96 valence electrons. The first-order valence-electron chi connectivity index (χ1n) is 4.96. The predicted octanol–water partition coefficient (Wildman–Crippen LogP) is -0.0182. The number of nitrogens with one attached hydrogen (secondary N) is 1. The van der Waals surface area contributed by atoms with E-state index in [2.05, 4.69) is 14.7 Å². The van der Waals surface area contributed by atoms with Crippen LogP contribution in [-0.2, 0) is 19.6 Å². The fourth-order valence-electron chi connectivity index (χ4n) is 1.25. The fraction of sp³-hybridized carbons (Fsp3) is 0.556. The average molecular weight is 261 g/mol. The standard InChI is InChI=1S/C9H15N3O4S/c1-7(2)12(5-9(13)16-3)17(14,15)8-4-10-6-11-8/h4,6-7H,5H2,1-3H3,(H,10,11). The van der Waals surface area contributed by atoms with Crippen molar-refractivity contribution in [1.82, 2.24) is 14.3 Å². The van der Waals surface area contributed by atoms with Crippen LogP contribution in [0, 0.1) is 0 Å². The van der Waals surface area contributed by atoms with Crippen molar-refractivity contribution in [2.75, 3.05) is 13.7 Å². The number of sulfonamides is 1. The minimum atomic E-state index is -3.75. The number of hydrogen-bond donors (Lipinski definition) is 1. The Bertz CT molecular complexity index is 466. The molecule has 1 aromatic rings. The second-order valence-electron chi connectivity index (χ2n) is 3.64. The zero-order valence-electron chi connectivity index (χ0n) is 9.87. The first-order valence-corrected chi connectivity index (χ1v) is 6.40. The first kappa shape index (κ1) is 13.7. The monoisotopic (exact) mass is 261 g/mol. The van der Waals surface area contributed by atoms with Crippen molar-refractivity contribution in [2.45, 2.75) is 24.9 Å². The van der Waals surface area contributed by atoms with Crippen LogP contribution in [0.1, 0.15) is 13.8 Å². The molecule has 17 heavy (non-hydrogen) atoms. The third kappa shape index (κ3) is 3.04. The number of carbonyl (C=O) groups is 1. The highest BCUT2D eigenvalue weighted by Crippen LogP contribution is 2.15. The largest absolute Gasteiger partial charge is 0.468 e. The number of carbonyl (C=O) groups excluding carboxylic acids is 1. The van der Waals surface area contributed by atoms with Gasteiger partial charge in [0.15, 0.2) is 5.03 Å². The molecular weight excluding hydrogens is 246 g/mol. The molecule has 1 N–H and O–H groups in total. The second-order valence-corrected chi connectivity index (χ2v) is 5.49. The number of hydrogen-bond acceptors (Lipinski definition) is 5. The van der Waals surface area contributed by atoms with Gasteiger partial charge in [-0.25, -0.2) is 13.4 Å². The van der Waals surface area contributed by atoms with Crippen LogP contribution in [0.25, 0.3) is 0 Å².